The minimum absolute atomic E-state index is 0.175. The van der Waals surface area contributed by atoms with Gasteiger partial charge in [0.1, 0.15) is 11.4 Å². The molecule has 0 heterocycles. The first-order valence-corrected chi connectivity index (χ1v) is 12.5. The lowest BCUT2D eigenvalue weighted by molar-refractivity contribution is -0.184. The van der Waals surface area contributed by atoms with E-state index in [0.717, 1.165) is 51.5 Å². The number of carbonyl (C=O) groups is 4. The number of rotatable bonds is 6. The third-order valence-electron chi connectivity index (χ3n) is 8.64. The summed E-state index contributed by atoms with van der Waals surface area (Å²) >= 11 is 0. The summed E-state index contributed by atoms with van der Waals surface area (Å²) in [6, 6.07) is 5.29. The zero-order valence-corrected chi connectivity index (χ0v) is 21.2. The number of aliphatic hydroxyl groups is 1. The Labute approximate surface area is 215 Å². The largest absolute Gasteiger partial charge is 0.478 e. The molecular formula is C28H32O9. The van der Waals surface area contributed by atoms with Crippen LogP contribution in [0.3, 0.4) is 0 Å². The van der Waals surface area contributed by atoms with Crippen molar-refractivity contribution in [3.05, 3.63) is 29.3 Å². The van der Waals surface area contributed by atoms with Crippen molar-refractivity contribution in [2.75, 3.05) is 0 Å². The van der Waals surface area contributed by atoms with Crippen molar-refractivity contribution in [2.24, 2.45) is 17.3 Å². The molecule has 4 rings (SSSR count). The third kappa shape index (κ3) is 4.71. The molecule has 3 aliphatic rings. The van der Waals surface area contributed by atoms with Gasteiger partial charge in [-0.25, -0.2) is 9.59 Å². The number of benzene rings is 1. The zero-order chi connectivity index (χ0) is 27.1. The van der Waals surface area contributed by atoms with Gasteiger partial charge in [-0.2, -0.15) is 0 Å². The van der Waals surface area contributed by atoms with E-state index in [-0.39, 0.29) is 11.2 Å². The smallest absolute Gasteiger partial charge is 0.357 e. The van der Waals surface area contributed by atoms with E-state index in [0.29, 0.717) is 24.2 Å². The second-order valence-corrected chi connectivity index (χ2v) is 10.6. The molecule has 1 aromatic carbocycles. The summed E-state index contributed by atoms with van der Waals surface area (Å²) in [5, 5.41) is 20.5. The van der Waals surface area contributed by atoms with E-state index in [4.69, 9.17) is 20.6 Å². The quantitative estimate of drug-likeness (QED) is 0.335. The molecule has 1 aromatic rings. The van der Waals surface area contributed by atoms with Gasteiger partial charge in [0.2, 0.25) is 12.2 Å². The number of carbonyl (C=O) groups excluding carboxylic acids is 3. The highest BCUT2D eigenvalue weighted by Crippen LogP contribution is 2.64. The Hall–Kier alpha value is -3.38. The van der Waals surface area contributed by atoms with Crippen molar-refractivity contribution in [2.45, 2.75) is 83.0 Å². The molecule has 2 saturated carbocycles. The van der Waals surface area contributed by atoms with Gasteiger partial charge in [0.05, 0.1) is 0 Å². The summed E-state index contributed by atoms with van der Waals surface area (Å²) in [7, 11) is 0. The molecule has 2 fully saturated rings. The number of carboxylic acid groups (broad SMARTS) is 1. The van der Waals surface area contributed by atoms with Crippen LogP contribution in [0.5, 0.6) is 5.75 Å². The minimum Gasteiger partial charge on any atom is -0.478 e. The van der Waals surface area contributed by atoms with E-state index < -0.39 is 41.7 Å². The summed E-state index contributed by atoms with van der Waals surface area (Å²) in [4.78, 5) is 47.3. The number of ether oxygens (including phenoxy) is 3. The van der Waals surface area contributed by atoms with Gasteiger partial charge in [-0.1, -0.05) is 18.9 Å². The average Bonchev–Trinajstić information content (AvgIpc) is 3.11. The van der Waals surface area contributed by atoms with Crippen molar-refractivity contribution in [3.63, 3.8) is 0 Å². The Morgan fingerprint density at radius 3 is 2.35 bits per heavy atom. The van der Waals surface area contributed by atoms with Gasteiger partial charge in [-0.3, -0.25) is 9.59 Å². The van der Waals surface area contributed by atoms with E-state index in [9.17, 15) is 29.4 Å². The first-order valence-electron chi connectivity index (χ1n) is 12.5. The molecule has 0 saturated heterocycles. The van der Waals surface area contributed by atoms with E-state index in [1.807, 2.05) is 6.07 Å². The highest BCUT2D eigenvalue weighted by Gasteiger charge is 2.61. The molecule has 9 heteroatoms. The zero-order valence-electron chi connectivity index (χ0n) is 21.2. The average molecular weight is 513 g/mol. The van der Waals surface area contributed by atoms with Gasteiger partial charge in [0.15, 0.2) is 0 Å². The van der Waals surface area contributed by atoms with Crippen LogP contribution in [0, 0.1) is 29.6 Å². The van der Waals surface area contributed by atoms with Crippen LogP contribution in [0.15, 0.2) is 18.2 Å². The highest BCUT2D eigenvalue weighted by atomic mass is 16.6. The summed E-state index contributed by atoms with van der Waals surface area (Å²) in [6.45, 7) is 4.11. The molecule has 37 heavy (non-hydrogen) atoms. The molecule has 0 aromatic heterocycles. The molecule has 9 nitrogen and oxygen atoms in total. The fourth-order valence-electron chi connectivity index (χ4n) is 6.88. The van der Waals surface area contributed by atoms with Gasteiger partial charge in [-0.05, 0) is 79.5 Å². The van der Waals surface area contributed by atoms with Crippen LogP contribution in [0.2, 0.25) is 0 Å². The maximum atomic E-state index is 12.8. The number of fused-ring (bicyclic) bond motifs is 5. The standard InChI is InChI=1S/C28H32O9/c1-5-28(34)13-11-22-21-8-6-17-14-18(7-9-19(17)20(21)10-12-27(22,28)4)37-26(33)24(36-16(3)30)23(25(31)32)35-15(2)29/h1,7,9,14,20-24,34H,6,8,10-13H2,2-4H3,(H,31,32)/t20?,21?,22?,23-,24+,27-,28-/m0/s1. The predicted molar refractivity (Wildman–Crippen MR) is 129 cm³/mol. The molecule has 0 radical (unpaired) electrons. The molecule has 198 valence electrons. The summed E-state index contributed by atoms with van der Waals surface area (Å²) < 4.78 is 15.0. The van der Waals surface area contributed by atoms with E-state index in [1.165, 1.54) is 5.56 Å². The Bertz CT molecular complexity index is 1170. The summed E-state index contributed by atoms with van der Waals surface area (Å²) in [6.07, 6.45) is 6.63. The molecule has 3 unspecified atom stereocenters. The third-order valence-corrected chi connectivity index (χ3v) is 8.64. The first kappa shape index (κ1) is 26.7. The second kappa shape index (κ2) is 9.82. The van der Waals surface area contributed by atoms with Gasteiger partial charge < -0.3 is 24.4 Å². The second-order valence-electron chi connectivity index (χ2n) is 10.6. The number of esters is 3. The molecule has 7 atom stereocenters. The van der Waals surface area contributed by atoms with Gasteiger partial charge >= 0.3 is 23.9 Å². The highest BCUT2D eigenvalue weighted by molar-refractivity contribution is 5.89. The van der Waals surface area contributed by atoms with E-state index in [1.54, 1.807) is 12.1 Å². The topological polar surface area (TPSA) is 136 Å². The van der Waals surface area contributed by atoms with E-state index >= 15 is 0 Å². The fourth-order valence-corrected chi connectivity index (χ4v) is 6.88. The van der Waals surface area contributed by atoms with Crippen LogP contribution in [-0.2, 0) is 35.1 Å². The fraction of sp³-hybridized carbons (Fsp3) is 0.571. The van der Waals surface area contributed by atoms with Crippen LogP contribution >= 0.6 is 0 Å². The van der Waals surface area contributed by atoms with Crippen molar-refractivity contribution in [1.29, 1.82) is 0 Å². The summed E-state index contributed by atoms with van der Waals surface area (Å²) in [5.74, 6) is -0.801. The Morgan fingerprint density at radius 2 is 1.73 bits per heavy atom. The van der Waals surface area contributed by atoms with Gasteiger partial charge in [-0.15, -0.1) is 6.42 Å². The molecule has 2 N–H and O–H groups in total. The predicted octanol–water partition coefficient (Wildman–Crippen LogP) is 2.76. The van der Waals surface area contributed by atoms with Gasteiger partial charge in [0, 0.05) is 19.3 Å². The monoisotopic (exact) mass is 512 g/mol. The normalized spacial score (nSPS) is 31.4. The first-order chi connectivity index (χ1) is 17.4. The van der Waals surface area contributed by atoms with Crippen LogP contribution in [-0.4, -0.2) is 51.9 Å². The molecule has 0 amide bonds. The summed E-state index contributed by atoms with van der Waals surface area (Å²) in [5.41, 5.74) is 0.831. The maximum Gasteiger partial charge on any atom is 0.357 e. The molecule has 0 bridgehead atoms. The van der Waals surface area contributed by atoms with Crippen LogP contribution in [0.1, 0.15) is 69.9 Å². The molecular weight excluding hydrogens is 480 g/mol. The Kier molecular flexibility index (Phi) is 7.08. The van der Waals surface area contributed by atoms with Crippen LogP contribution < -0.4 is 4.74 Å². The molecule has 0 aliphatic heterocycles. The number of aryl methyl sites for hydroxylation is 1. The van der Waals surface area contributed by atoms with E-state index in [2.05, 4.69) is 12.8 Å². The number of hydrogen-bond acceptors (Lipinski definition) is 8. The van der Waals surface area contributed by atoms with Crippen molar-refractivity contribution in [1.82, 2.24) is 0 Å². The SMILES string of the molecule is C#C[C@]1(O)CCC2C3CCc4cc(OC(=O)[C@H](OC(C)=O)[C@H](OC(C)=O)C(=O)O)ccc4C3CC[C@@]21C. The Balaban J connectivity index is 1.54. The lowest BCUT2D eigenvalue weighted by Gasteiger charge is -2.52. The Morgan fingerprint density at radius 1 is 1.05 bits per heavy atom. The number of carboxylic acids is 1. The number of terminal acetylenes is 1. The number of aliphatic carboxylic acids is 1. The number of hydrogen-bond donors (Lipinski definition) is 2. The maximum absolute atomic E-state index is 12.8. The molecule has 0 spiro atoms. The lowest BCUT2D eigenvalue weighted by Crippen LogP contribution is -2.50. The van der Waals surface area contributed by atoms with Crippen molar-refractivity contribution < 1.29 is 43.6 Å². The van der Waals surface area contributed by atoms with Crippen LogP contribution in [0.25, 0.3) is 0 Å². The van der Waals surface area contributed by atoms with Crippen molar-refractivity contribution in [3.8, 4) is 18.1 Å². The van der Waals surface area contributed by atoms with Crippen molar-refractivity contribution >= 4 is 23.9 Å². The van der Waals surface area contributed by atoms with Crippen LogP contribution in [0.4, 0.5) is 0 Å². The minimum atomic E-state index is -2.04. The molecule has 3 aliphatic carbocycles. The van der Waals surface area contributed by atoms with Gasteiger partial charge in [0.25, 0.3) is 0 Å². The lowest BCUT2D eigenvalue weighted by atomic mass is 9.53.